The summed E-state index contributed by atoms with van der Waals surface area (Å²) in [5.41, 5.74) is 5.69. The van der Waals surface area contributed by atoms with E-state index in [1.54, 1.807) is 0 Å². The second-order valence-electron chi connectivity index (χ2n) is 3.80. The summed E-state index contributed by atoms with van der Waals surface area (Å²) in [7, 11) is -3.35. The van der Waals surface area contributed by atoms with Gasteiger partial charge in [0, 0.05) is 18.0 Å². The zero-order chi connectivity index (χ0) is 14.2. The van der Waals surface area contributed by atoms with Crippen LogP contribution < -0.4 is 5.73 Å². The third-order valence-corrected chi connectivity index (χ3v) is 3.80. The largest absolute Gasteiger partial charge is 0.384 e. The van der Waals surface area contributed by atoms with Crippen LogP contribution in [0.25, 0.3) is 5.82 Å². The number of nitrogens with one attached hydrogen (secondary N) is 1. The Balaban J connectivity index is 2.57. The molecule has 9 heteroatoms. The van der Waals surface area contributed by atoms with E-state index in [1.807, 2.05) is 0 Å². The molecule has 2 heterocycles. The van der Waals surface area contributed by atoms with Crippen molar-refractivity contribution in [3.05, 3.63) is 35.2 Å². The Hall–Kier alpha value is -1.93. The quantitative estimate of drug-likeness (QED) is 0.636. The summed E-state index contributed by atoms with van der Waals surface area (Å²) >= 11 is 6.07. The first kappa shape index (κ1) is 13.5. The van der Waals surface area contributed by atoms with E-state index in [0.717, 1.165) is 6.26 Å². The van der Waals surface area contributed by atoms with Crippen LogP contribution in [0, 0.1) is 5.41 Å². The van der Waals surface area contributed by atoms with Crippen LogP contribution in [0.1, 0.15) is 5.56 Å². The molecular formula is C10H10ClN5O2S. The Bertz CT molecular complexity index is 753. The molecule has 3 N–H and O–H groups in total. The van der Waals surface area contributed by atoms with Crippen molar-refractivity contribution < 1.29 is 8.42 Å². The molecule has 0 aliphatic rings. The van der Waals surface area contributed by atoms with Crippen LogP contribution >= 0.6 is 11.6 Å². The number of aromatic nitrogens is 3. The maximum Gasteiger partial charge on any atom is 0.178 e. The molecule has 2 rings (SSSR count). The van der Waals surface area contributed by atoms with Crippen molar-refractivity contribution >= 4 is 27.3 Å². The predicted octanol–water partition coefficient (Wildman–Crippen LogP) is 0.608. The van der Waals surface area contributed by atoms with Gasteiger partial charge in [0.25, 0.3) is 0 Å². The minimum Gasteiger partial charge on any atom is -0.384 e. The van der Waals surface area contributed by atoms with Crippen LogP contribution in [-0.2, 0) is 9.84 Å². The van der Waals surface area contributed by atoms with Gasteiger partial charge in [-0.25, -0.2) is 18.1 Å². The molecule has 0 aliphatic carbocycles. The van der Waals surface area contributed by atoms with Crippen LogP contribution in [-0.4, -0.2) is 35.3 Å². The molecule has 0 spiro atoms. The molecule has 0 aliphatic heterocycles. The zero-order valence-electron chi connectivity index (χ0n) is 9.83. The molecule has 7 nitrogen and oxygen atoms in total. The lowest BCUT2D eigenvalue weighted by Gasteiger charge is -2.06. The molecule has 2 aromatic heterocycles. The van der Waals surface area contributed by atoms with E-state index in [4.69, 9.17) is 22.7 Å². The van der Waals surface area contributed by atoms with Crippen molar-refractivity contribution in [2.24, 2.45) is 5.73 Å². The fraction of sp³-hybridized carbons (Fsp3) is 0.100. The average molecular weight is 300 g/mol. The van der Waals surface area contributed by atoms with Crippen LogP contribution in [0.3, 0.4) is 0 Å². The van der Waals surface area contributed by atoms with Crippen molar-refractivity contribution in [2.45, 2.75) is 4.90 Å². The highest BCUT2D eigenvalue weighted by Crippen LogP contribution is 2.22. The molecule has 0 fully saturated rings. The van der Waals surface area contributed by atoms with Crippen LogP contribution in [0.5, 0.6) is 0 Å². The Morgan fingerprint density at radius 1 is 1.53 bits per heavy atom. The summed E-state index contributed by atoms with van der Waals surface area (Å²) in [6.45, 7) is 0. The third-order valence-electron chi connectivity index (χ3n) is 2.37. The van der Waals surface area contributed by atoms with E-state index in [-0.39, 0.29) is 21.6 Å². The minimum absolute atomic E-state index is 0.0543. The summed E-state index contributed by atoms with van der Waals surface area (Å²) in [5, 5.41) is 11.4. The van der Waals surface area contributed by atoms with Crippen LogP contribution in [0.4, 0.5) is 0 Å². The van der Waals surface area contributed by atoms with E-state index in [2.05, 4.69) is 10.1 Å². The smallest absolute Gasteiger partial charge is 0.178 e. The second-order valence-corrected chi connectivity index (χ2v) is 6.20. The highest BCUT2D eigenvalue weighted by Gasteiger charge is 2.15. The lowest BCUT2D eigenvalue weighted by atomic mass is 10.2. The predicted molar refractivity (Wildman–Crippen MR) is 70.5 cm³/mol. The molecule has 0 bridgehead atoms. The number of nitrogens with two attached hydrogens (primary N) is 1. The number of amidine groups is 1. The number of rotatable bonds is 3. The second kappa shape index (κ2) is 4.63. The van der Waals surface area contributed by atoms with E-state index in [9.17, 15) is 8.42 Å². The SMILES string of the molecule is CS(=O)(=O)c1cnn(-c2nccc(C(=N)N)c2Cl)c1. The molecule has 2 aromatic rings. The number of pyridine rings is 1. The molecular weight excluding hydrogens is 290 g/mol. The number of sulfone groups is 1. The summed E-state index contributed by atoms with van der Waals surface area (Å²) in [5.74, 6) is 0.00779. The molecule has 0 saturated carbocycles. The van der Waals surface area contributed by atoms with Gasteiger partial charge in [0.15, 0.2) is 15.7 Å². The van der Waals surface area contributed by atoms with Gasteiger partial charge in [-0.05, 0) is 6.07 Å². The van der Waals surface area contributed by atoms with Gasteiger partial charge < -0.3 is 5.73 Å². The molecule has 0 atom stereocenters. The molecule has 0 unspecified atom stereocenters. The molecule has 0 saturated heterocycles. The highest BCUT2D eigenvalue weighted by molar-refractivity contribution is 7.90. The van der Waals surface area contributed by atoms with Crippen molar-refractivity contribution in [3.63, 3.8) is 0 Å². The first-order valence-corrected chi connectivity index (χ1v) is 7.31. The summed E-state index contributed by atoms with van der Waals surface area (Å²) in [6, 6.07) is 1.50. The van der Waals surface area contributed by atoms with Gasteiger partial charge in [0.05, 0.1) is 17.4 Å². The minimum atomic E-state index is -3.35. The van der Waals surface area contributed by atoms with E-state index < -0.39 is 9.84 Å². The van der Waals surface area contributed by atoms with Gasteiger partial charge >= 0.3 is 0 Å². The topological polar surface area (TPSA) is 115 Å². The summed E-state index contributed by atoms with van der Waals surface area (Å²) in [6.07, 6.45) is 5.00. The van der Waals surface area contributed by atoms with Crippen LogP contribution in [0.15, 0.2) is 29.6 Å². The summed E-state index contributed by atoms with van der Waals surface area (Å²) < 4.78 is 24.0. The van der Waals surface area contributed by atoms with Crippen molar-refractivity contribution in [1.82, 2.24) is 14.8 Å². The van der Waals surface area contributed by atoms with E-state index >= 15 is 0 Å². The summed E-state index contributed by atoms with van der Waals surface area (Å²) in [4.78, 5) is 4.06. The van der Waals surface area contributed by atoms with Gasteiger partial charge in [0.2, 0.25) is 0 Å². The van der Waals surface area contributed by atoms with Crippen LogP contribution in [0.2, 0.25) is 5.02 Å². The number of hydrogen-bond acceptors (Lipinski definition) is 5. The van der Waals surface area contributed by atoms with Gasteiger partial charge in [-0.3, -0.25) is 5.41 Å². The number of nitrogens with zero attached hydrogens (tertiary/aromatic N) is 3. The Morgan fingerprint density at radius 2 is 2.21 bits per heavy atom. The molecule has 0 radical (unpaired) electrons. The van der Waals surface area contributed by atoms with Gasteiger partial charge in [-0.15, -0.1) is 0 Å². The monoisotopic (exact) mass is 299 g/mol. The van der Waals surface area contributed by atoms with Gasteiger partial charge in [-0.2, -0.15) is 5.10 Å². The Kier molecular flexibility index (Phi) is 3.29. The fourth-order valence-electron chi connectivity index (χ4n) is 1.41. The normalized spacial score (nSPS) is 11.5. The van der Waals surface area contributed by atoms with Gasteiger partial charge in [0.1, 0.15) is 10.7 Å². The zero-order valence-corrected chi connectivity index (χ0v) is 11.4. The first-order valence-electron chi connectivity index (χ1n) is 5.04. The molecule has 0 amide bonds. The average Bonchev–Trinajstić information content (AvgIpc) is 2.77. The first-order chi connectivity index (χ1) is 8.80. The molecule has 19 heavy (non-hydrogen) atoms. The lowest BCUT2D eigenvalue weighted by molar-refractivity contribution is 0.602. The standard InChI is InChI=1S/C10H10ClN5O2S/c1-19(17,18)6-4-15-16(5-6)10-8(11)7(9(12)13)2-3-14-10/h2-5H,1H3,(H3,12,13). The fourth-order valence-corrected chi connectivity index (χ4v) is 2.24. The van der Waals surface area contributed by atoms with Gasteiger partial charge in [-0.1, -0.05) is 11.6 Å². The Labute approximate surface area is 114 Å². The number of nitrogen functional groups attached to an aromatic ring is 1. The third kappa shape index (κ3) is 2.59. The molecule has 100 valence electrons. The maximum absolute atomic E-state index is 11.4. The van der Waals surface area contributed by atoms with Crippen molar-refractivity contribution in [2.75, 3.05) is 6.26 Å². The van der Waals surface area contributed by atoms with E-state index in [1.165, 1.54) is 29.3 Å². The van der Waals surface area contributed by atoms with Crippen molar-refractivity contribution in [1.29, 1.82) is 5.41 Å². The Morgan fingerprint density at radius 3 is 2.74 bits per heavy atom. The van der Waals surface area contributed by atoms with Crippen molar-refractivity contribution in [3.8, 4) is 5.82 Å². The lowest BCUT2D eigenvalue weighted by Crippen LogP contribution is -2.13. The highest BCUT2D eigenvalue weighted by atomic mass is 35.5. The van der Waals surface area contributed by atoms with E-state index in [0.29, 0.717) is 5.56 Å². The number of halogens is 1. The maximum atomic E-state index is 11.4. The number of hydrogen-bond donors (Lipinski definition) is 2. The molecule has 0 aromatic carbocycles.